The number of hydrogen-bond donors (Lipinski definition) is 1. The van der Waals surface area contributed by atoms with Gasteiger partial charge in [0.25, 0.3) is 5.69 Å². The van der Waals surface area contributed by atoms with Gasteiger partial charge in [-0.3, -0.25) is 19.8 Å². The number of anilines is 1. The van der Waals surface area contributed by atoms with Crippen LogP contribution >= 0.6 is 0 Å². The summed E-state index contributed by atoms with van der Waals surface area (Å²) in [7, 11) is 0. The summed E-state index contributed by atoms with van der Waals surface area (Å²) in [5, 5.41) is 13.2. The van der Waals surface area contributed by atoms with E-state index in [9.17, 15) is 19.7 Å². The van der Waals surface area contributed by atoms with E-state index in [1.54, 1.807) is 0 Å². The average molecular weight is 291 g/mol. The van der Waals surface area contributed by atoms with E-state index in [2.05, 4.69) is 5.32 Å². The van der Waals surface area contributed by atoms with Crippen LogP contribution in [0, 0.1) is 10.1 Å². The zero-order valence-corrected chi connectivity index (χ0v) is 11.5. The lowest BCUT2D eigenvalue weighted by atomic mass is 10.0. The molecule has 1 aromatic carbocycles. The van der Waals surface area contributed by atoms with Crippen LogP contribution in [0.5, 0.6) is 0 Å². The molecule has 21 heavy (non-hydrogen) atoms. The fourth-order valence-electron chi connectivity index (χ4n) is 2.42. The van der Waals surface area contributed by atoms with Gasteiger partial charge in [-0.15, -0.1) is 0 Å². The Bertz CT molecular complexity index is 530. The Morgan fingerprint density at radius 2 is 2.10 bits per heavy atom. The Morgan fingerprint density at radius 1 is 1.38 bits per heavy atom. The van der Waals surface area contributed by atoms with E-state index in [0.717, 1.165) is 32.1 Å². The number of non-ortho nitro benzene ring substituents is 1. The Labute approximate surface area is 122 Å². The quantitative estimate of drug-likeness (QED) is 0.505. The minimum atomic E-state index is -0.492. The number of nitrogens with one attached hydrogen (secondary N) is 1. The van der Waals surface area contributed by atoms with Gasteiger partial charge >= 0.3 is 0 Å². The number of amides is 1. The molecule has 0 spiro atoms. The molecule has 0 radical (unpaired) electrons. The Hall–Kier alpha value is -2.28. The van der Waals surface area contributed by atoms with Crippen LogP contribution in [0.3, 0.4) is 0 Å². The molecule has 0 aliphatic carbocycles. The van der Waals surface area contributed by atoms with Gasteiger partial charge in [0, 0.05) is 17.8 Å². The van der Waals surface area contributed by atoms with Gasteiger partial charge in [-0.05, 0) is 31.5 Å². The maximum Gasteiger partial charge on any atom is 0.269 e. The van der Waals surface area contributed by atoms with E-state index in [0.29, 0.717) is 5.69 Å². The molecule has 1 aliphatic rings. The highest BCUT2D eigenvalue weighted by atomic mass is 16.6. The van der Waals surface area contributed by atoms with Crippen molar-refractivity contribution in [2.24, 2.45) is 0 Å². The fraction of sp³-hybridized carbons (Fsp3) is 0.429. The van der Waals surface area contributed by atoms with E-state index in [1.165, 1.54) is 24.3 Å². The highest BCUT2D eigenvalue weighted by Crippen LogP contribution is 2.17. The molecule has 0 saturated carbocycles. The molecular weight excluding hydrogens is 274 g/mol. The van der Waals surface area contributed by atoms with E-state index in [4.69, 9.17) is 0 Å². The van der Waals surface area contributed by atoms with Crippen molar-refractivity contribution < 1.29 is 14.5 Å². The Kier molecular flexibility index (Phi) is 4.99. The van der Waals surface area contributed by atoms with E-state index >= 15 is 0 Å². The summed E-state index contributed by atoms with van der Waals surface area (Å²) in [5.41, 5.74) is 0.482. The van der Waals surface area contributed by atoms with Gasteiger partial charge in [0.1, 0.15) is 6.29 Å². The maximum absolute atomic E-state index is 12.0. The Balaban J connectivity index is 1.91. The molecule has 1 heterocycles. The number of aldehydes is 1. The molecular formula is C14H17N3O4. The third kappa shape index (κ3) is 4.09. The second-order valence-electron chi connectivity index (χ2n) is 5.02. The predicted octanol–water partition coefficient (Wildman–Crippen LogP) is 1.59. The van der Waals surface area contributed by atoms with Gasteiger partial charge in [-0.25, -0.2) is 0 Å². The third-order valence-electron chi connectivity index (χ3n) is 3.53. The van der Waals surface area contributed by atoms with Crippen LogP contribution in [0.2, 0.25) is 0 Å². The van der Waals surface area contributed by atoms with Crippen molar-refractivity contribution in [2.45, 2.75) is 25.3 Å². The van der Waals surface area contributed by atoms with E-state index in [1.807, 2.05) is 4.90 Å². The zero-order valence-electron chi connectivity index (χ0n) is 11.5. The number of rotatable bonds is 5. The smallest absolute Gasteiger partial charge is 0.269 e. The molecule has 1 unspecified atom stereocenters. The lowest BCUT2D eigenvalue weighted by Gasteiger charge is -2.31. The van der Waals surface area contributed by atoms with Crippen LogP contribution in [-0.2, 0) is 9.59 Å². The summed E-state index contributed by atoms with van der Waals surface area (Å²) in [5.74, 6) is -0.224. The number of nitrogens with zero attached hydrogens (tertiary/aromatic N) is 2. The van der Waals surface area contributed by atoms with Crippen LogP contribution in [0.25, 0.3) is 0 Å². The third-order valence-corrected chi connectivity index (χ3v) is 3.53. The molecule has 1 amide bonds. The van der Waals surface area contributed by atoms with Crippen LogP contribution in [0.15, 0.2) is 24.3 Å². The molecule has 1 N–H and O–H groups in total. The standard InChI is InChI=1S/C14H17N3O4/c18-10-13-3-1-2-8-16(13)9-14(19)15-11-4-6-12(7-5-11)17(20)21/h4-7,10,13H,1-3,8-9H2,(H,15,19). The van der Waals surface area contributed by atoms with E-state index in [-0.39, 0.29) is 24.2 Å². The van der Waals surface area contributed by atoms with Crippen LogP contribution < -0.4 is 5.32 Å². The summed E-state index contributed by atoms with van der Waals surface area (Å²) in [6, 6.07) is 5.46. The normalized spacial score (nSPS) is 19.0. The summed E-state index contributed by atoms with van der Waals surface area (Å²) in [6.07, 6.45) is 3.66. The van der Waals surface area contributed by atoms with Crippen LogP contribution in [0.4, 0.5) is 11.4 Å². The number of carbonyl (C=O) groups is 2. The minimum Gasteiger partial charge on any atom is -0.325 e. The van der Waals surface area contributed by atoms with Gasteiger partial charge in [0.05, 0.1) is 17.5 Å². The topological polar surface area (TPSA) is 92.6 Å². The molecule has 2 rings (SSSR count). The highest BCUT2D eigenvalue weighted by Gasteiger charge is 2.23. The second-order valence-corrected chi connectivity index (χ2v) is 5.02. The summed E-state index contributed by atoms with van der Waals surface area (Å²) >= 11 is 0. The largest absolute Gasteiger partial charge is 0.325 e. The molecule has 1 aromatic rings. The molecule has 7 nitrogen and oxygen atoms in total. The van der Waals surface area contributed by atoms with Crippen LogP contribution in [0.1, 0.15) is 19.3 Å². The average Bonchev–Trinajstić information content (AvgIpc) is 2.48. The molecule has 1 aliphatic heterocycles. The Morgan fingerprint density at radius 3 is 2.71 bits per heavy atom. The van der Waals surface area contributed by atoms with Crippen molar-refractivity contribution in [3.05, 3.63) is 34.4 Å². The molecule has 1 fully saturated rings. The maximum atomic E-state index is 12.0. The molecule has 0 bridgehead atoms. The molecule has 7 heteroatoms. The lowest BCUT2D eigenvalue weighted by molar-refractivity contribution is -0.384. The fourth-order valence-corrected chi connectivity index (χ4v) is 2.42. The first kappa shape index (κ1) is 15.1. The first-order chi connectivity index (χ1) is 10.1. The number of carbonyl (C=O) groups excluding carboxylic acids is 2. The number of nitro groups is 1. The van der Waals surface area contributed by atoms with Gasteiger partial charge in [-0.1, -0.05) is 6.42 Å². The van der Waals surface area contributed by atoms with Gasteiger partial charge in [0.2, 0.25) is 5.91 Å². The van der Waals surface area contributed by atoms with Crippen LogP contribution in [-0.4, -0.2) is 41.1 Å². The number of piperidine rings is 1. The predicted molar refractivity (Wildman–Crippen MR) is 77.0 cm³/mol. The SMILES string of the molecule is O=CC1CCCCN1CC(=O)Nc1ccc([N+](=O)[O-])cc1. The zero-order chi connectivity index (χ0) is 15.2. The number of likely N-dealkylation sites (tertiary alicyclic amines) is 1. The van der Waals surface area contributed by atoms with Gasteiger partial charge in [-0.2, -0.15) is 0 Å². The van der Waals surface area contributed by atoms with Gasteiger partial charge in [0.15, 0.2) is 0 Å². The number of benzene rings is 1. The minimum absolute atomic E-state index is 0.0231. The van der Waals surface area contributed by atoms with Crippen molar-refractivity contribution in [3.8, 4) is 0 Å². The summed E-state index contributed by atoms with van der Waals surface area (Å²) in [4.78, 5) is 34.8. The summed E-state index contributed by atoms with van der Waals surface area (Å²) in [6.45, 7) is 0.886. The van der Waals surface area contributed by atoms with Crippen molar-refractivity contribution >= 4 is 23.6 Å². The molecule has 1 atom stereocenters. The number of hydrogen-bond acceptors (Lipinski definition) is 5. The molecule has 0 aromatic heterocycles. The van der Waals surface area contributed by atoms with Crippen molar-refractivity contribution in [1.82, 2.24) is 4.90 Å². The van der Waals surface area contributed by atoms with Crippen molar-refractivity contribution in [1.29, 1.82) is 0 Å². The number of nitro benzene ring substituents is 1. The lowest BCUT2D eigenvalue weighted by Crippen LogP contribution is -2.44. The monoisotopic (exact) mass is 291 g/mol. The molecule has 112 valence electrons. The second kappa shape index (κ2) is 6.94. The summed E-state index contributed by atoms with van der Waals surface area (Å²) < 4.78 is 0. The first-order valence-electron chi connectivity index (χ1n) is 6.84. The molecule has 1 saturated heterocycles. The van der Waals surface area contributed by atoms with E-state index < -0.39 is 4.92 Å². The first-order valence-corrected chi connectivity index (χ1v) is 6.84. The highest BCUT2D eigenvalue weighted by molar-refractivity contribution is 5.92. The van der Waals surface area contributed by atoms with Crippen molar-refractivity contribution in [2.75, 3.05) is 18.4 Å². The van der Waals surface area contributed by atoms with Crippen molar-refractivity contribution in [3.63, 3.8) is 0 Å². The van der Waals surface area contributed by atoms with Gasteiger partial charge < -0.3 is 10.1 Å².